The molecule has 2 N–H and O–H groups in total. The lowest BCUT2D eigenvalue weighted by molar-refractivity contribution is 0.230. The number of hydrogen-bond acceptors (Lipinski definition) is 4. The quantitative estimate of drug-likeness (QED) is 0.812. The van der Waals surface area contributed by atoms with E-state index in [0.717, 1.165) is 0 Å². The number of aromatic hydroxyl groups is 1. The summed E-state index contributed by atoms with van der Waals surface area (Å²) in [6, 6.07) is 1.22. The molecule has 80 valence electrons. The fraction of sp³-hybridized carbons (Fsp3) is 0.333. The van der Waals surface area contributed by atoms with Gasteiger partial charge in [-0.05, 0) is 13.0 Å². The van der Waals surface area contributed by atoms with Crippen molar-refractivity contribution >= 4 is 22.8 Å². The first-order chi connectivity index (χ1) is 7.13. The minimum Gasteiger partial charge on any atom is -0.480 e. The minimum absolute atomic E-state index is 0.0917. The lowest BCUT2D eigenvalue weighted by atomic mass is 10.3. The lowest BCUT2D eigenvalue weighted by Crippen LogP contribution is -2.08. The van der Waals surface area contributed by atoms with Crippen molar-refractivity contribution in [3.8, 4) is 6.01 Å². The van der Waals surface area contributed by atoms with E-state index in [0.29, 0.717) is 16.2 Å². The molecule has 0 radical (unpaired) electrons. The zero-order valence-corrected chi connectivity index (χ0v) is 8.81. The van der Waals surface area contributed by atoms with Gasteiger partial charge in [-0.3, -0.25) is 4.57 Å². The highest BCUT2D eigenvalue weighted by atomic mass is 35.5. The van der Waals surface area contributed by atoms with Crippen molar-refractivity contribution in [2.45, 2.75) is 13.0 Å². The number of aliphatic hydroxyl groups excluding tert-OH is 1. The Morgan fingerprint density at radius 2 is 2.33 bits per heavy atom. The molecule has 1 atom stereocenters. The molecule has 0 aliphatic rings. The maximum absolute atomic E-state index is 9.58. The van der Waals surface area contributed by atoms with Crippen LogP contribution in [0.25, 0.3) is 11.2 Å². The molecular weight excluding hydrogens is 218 g/mol. The highest BCUT2D eigenvalue weighted by Gasteiger charge is 2.15. The number of imidazole rings is 1. The first-order valence-electron chi connectivity index (χ1n) is 4.46. The topological polar surface area (TPSA) is 71.2 Å². The van der Waals surface area contributed by atoms with Crippen molar-refractivity contribution in [2.75, 3.05) is 6.61 Å². The van der Waals surface area contributed by atoms with E-state index in [1.807, 2.05) is 0 Å². The van der Waals surface area contributed by atoms with E-state index in [4.69, 9.17) is 16.7 Å². The van der Waals surface area contributed by atoms with Gasteiger partial charge < -0.3 is 10.2 Å². The van der Waals surface area contributed by atoms with Crippen LogP contribution < -0.4 is 0 Å². The van der Waals surface area contributed by atoms with E-state index in [1.165, 1.54) is 10.8 Å². The molecule has 2 heterocycles. The fourth-order valence-electron chi connectivity index (χ4n) is 1.46. The van der Waals surface area contributed by atoms with Crippen molar-refractivity contribution < 1.29 is 10.2 Å². The zero-order chi connectivity index (χ0) is 11.0. The molecule has 0 aliphatic heterocycles. The Morgan fingerprint density at radius 3 is 3.00 bits per heavy atom. The molecule has 0 amide bonds. The third kappa shape index (κ3) is 1.64. The average Bonchev–Trinajstić information content (AvgIpc) is 2.52. The first kappa shape index (κ1) is 10.2. The molecule has 0 bridgehead atoms. The highest BCUT2D eigenvalue weighted by molar-refractivity contribution is 6.31. The molecule has 0 unspecified atom stereocenters. The molecule has 0 saturated heterocycles. The van der Waals surface area contributed by atoms with Gasteiger partial charge in [-0.1, -0.05) is 11.6 Å². The number of fused-ring (bicyclic) bond motifs is 1. The summed E-state index contributed by atoms with van der Waals surface area (Å²) >= 11 is 5.80. The van der Waals surface area contributed by atoms with Gasteiger partial charge in [0.1, 0.15) is 0 Å². The van der Waals surface area contributed by atoms with E-state index >= 15 is 0 Å². The zero-order valence-electron chi connectivity index (χ0n) is 8.05. The van der Waals surface area contributed by atoms with Gasteiger partial charge in [0.05, 0.1) is 23.2 Å². The largest absolute Gasteiger partial charge is 0.480 e. The molecule has 0 fully saturated rings. The summed E-state index contributed by atoms with van der Waals surface area (Å²) in [5.74, 6) is 0. The van der Waals surface area contributed by atoms with E-state index in [2.05, 4.69) is 9.97 Å². The van der Waals surface area contributed by atoms with Crippen molar-refractivity contribution in [1.82, 2.24) is 14.5 Å². The Labute approximate surface area is 91.0 Å². The molecule has 0 spiro atoms. The summed E-state index contributed by atoms with van der Waals surface area (Å²) in [6.45, 7) is 1.67. The van der Waals surface area contributed by atoms with Gasteiger partial charge in [-0.2, -0.15) is 4.98 Å². The Bertz CT molecular complexity index is 497. The second-order valence-corrected chi connectivity index (χ2v) is 3.75. The standard InChI is InChI=1S/C9H10ClN3O2/c1-5(4-14)13-7-2-6(10)3-11-8(7)12-9(13)15/h2-3,5,14H,4H2,1H3,(H,11,12,15)/t5-/m1/s1. The normalized spacial score (nSPS) is 13.3. The van der Waals surface area contributed by atoms with Crippen LogP contribution >= 0.6 is 11.6 Å². The Hall–Kier alpha value is -1.33. The van der Waals surface area contributed by atoms with E-state index in [1.54, 1.807) is 13.0 Å². The number of pyridine rings is 1. The summed E-state index contributed by atoms with van der Waals surface area (Å²) in [5.41, 5.74) is 1.03. The molecular formula is C9H10ClN3O2. The van der Waals surface area contributed by atoms with Crippen LogP contribution in [0.3, 0.4) is 0 Å². The Morgan fingerprint density at radius 1 is 1.60 bits per heavy atom. The maximum Gasteiger partial charge on any atom is 0.296 e. The van der Waals surface area contributed by atoms with Gasteiger partial charge in [0.25, 0.3) is 6.01 Å². The summed E-state index contributed by atoms with van der Waals surface area (Å²) in [5, 5.41) is 19.1. The molecule has 0 aromatic carbocycles. The van der Waals surface area contributed by atoms with Crippen LogP contribution in [0.5, 0.6) is 6.01 Å². The predicted molar refractivity (Wildman–Crippen MR) is 56.0 cm³/mol. The van der Waals surface area contributed by atoms with Gasteiger partial charge in [0, 0.05) is 6.20 Å². The van der Waals surface area contributed by atoms with Crippen LogP contribution in [-0.2, 0) is 0 Å². The van der Waals surface area contributed by atoms with E-state index < -0.39 is 0 Å². The summed E-state index contributed by atoms with van der Waals surface area (Å²) < 4.78 is 1.49. The van der Waals surface area contributed by atoms with Crippen LogP contribution in [0.2, 0.25) is 5.02 Å². The molecule has 0 saturated carbocycles. The third-order valence-electron chi connectivity index (χ3n) is 2.20. The molecule has 2 rings (SSSR count). The van der Waals surface area contributed by atoms with Gasteiger partial charge >= 0.3 is 0 Å². The molecule has 2 aromatic rings. The van der Waals surface area contributed by atoms with Crippen LogP contribution in [0.4, 0.5) is 0 Å². The monoisotopic (exact) mass is 227 g/mol. The molecule has 2 aromatic heterocycles. The first-order valence-corrected chi connectivity index (χ1v) is 4.84. The van der Waals surface area contributed by atoms with Gasteiger partial charge in [0.2, 0.25) is 0 Å². The van der Waals surface area contributed by atoms with Crippen LogP contribution in [-0.4, -0.2) is 31.4 Å². The van der Waals surface area contributed by atoms with Crippen molar-refractivity contribution in [3.63, 3.8) is 0 Å². The predicted octanol–water partition coefficient (Wildman–Crippen LogP) is 1.34. The number of halogens is 1. The number of aromatic nitrogens is 3. The van der Waals surface area contributed by atoms with Crippen molar-refractivity contribution in [1.29, 1.82) is 0 Å². The summed E-state index contributed by atoms with van der Waals surface area (Å²) in [4.78, 5) is 7.83. The highest BCUT2D eigenvalue weighted by Crippen LogP contribution is 2.25. The Kier molecular flexibility index (Phi) is 2.50. The summed E-state index contributed by atoms with van der Waals surface area (Å²) in [6.07, 6.45) is 1.46. The number of aliphatic hydroxyl groups is 1. The molecule has 5 nitrogen and oxygen atoms in total. The number of hydrogen-bond donors (Lipinski definition) is 2. The second kappa shape index (κ2) is 3.67. The minimum atomic E-state index is -0.268. The van der Waals surface area contributed by atoms with Crippen molar-refractivity contribution in [3.05, 3.63) is 17.3 Å². The van der Waals surface area contributed by atoms with E-state index in [9.17, 15) is 5.11 Å². The SMILES string of the molecule is C[C@H](CO)n1c(O)nc2ncc(Cl)cc21. The lowest BCUT2D eigenvalue weighted by Gasteiger charge is -2.11. The smallest absolute Gasteiger partial charge is 0.296 e. The molecule has 0 aliphatic carbocycles. The van der Waals surface area contributed by atoms with E-state index in [-0.39, 0.29) is 18.7 Å². The summed E-state index contributed by atoms with van der Waals surface area (Å²) in [7, 11) is 0. The van der Waals surface area contributed by atoms with Gasteiger partial charge in [0.15, 0.2) is 5.65 Å². The van der Waals surface area contributed by atoms with Crippen LogP contribution in [0.1, 0.15) is 13.0 Å². The van der Waals surface area contributed by atoms with Crippen LogP contribution in [0.15, 0.2) is 12.3 Å². The molecule has 15 heavy (non-hydrogen) atoms. The van der Waals surface area contributed by atoms with Crippen molar-refractivity contribution in [2.24, 2.45) is 0 Å². The Balaban J connectivity index is 2.70. The molecule has 6 heteroatoms. The number of nitrogens with zero attached hydrogens (tertiary/aromatic N) is 3. The maximum atomic E-state index is 9.58. The average molecular weight is 228 g/mol. The number of rotatable bonds is 2. The third-order valence-corrected chi connectivity index (χ3v) is 2.41. The fourth-order valence-corrected chi connectivity index (χ4v) is 1.61. The second-order valence-electron chi connectivity index (χ2n) is 3.31. The van der Waals surface area contributed by atoms with Gasteiger partial charge in [-0.15, -0.1) is 0 Å². The van der Waals surface area contributed by atoms with Crippen LogP contribution in [0, 0.1) is 0 Å². The van der Waals surface area contributed by atoms with Gasteiger partial charge in [-0.25, -0.2) is 4.98 Å².